The smallest absolute Gasteiger partial charge is 0.273 e. The Kier molecular flexibility index (Phi) is 23.4. The van der Waals surface area contributed by atoms with E-state index in [1.807, 2.05) is 20.8 Å². The van der Waals surface area contributed by atoms with Gasteiger partial charge in [0.05, 0.1) is 6.54 Å². The summed E-state index contributed by atoms with van der Waals surface area (Å²) in [6.45, 7) is 27.0. The van der Waals surface area contributed by atoms with Crippen molar-refractivity contribution in [1.29, 1.82) is 0 Å². The third-order valence-corrected chi connectivity index (χ3v) is 13.8. The second kappa shape index (κ2) is 27.7. The van der Waals surface area contributed by atoms with E-state index >= 15 is 0 Å². The number of aryl methyl sites for hydroxylation is 4. The van der Waals surface area contributed by atoms with E-state index in [-0.39, 0.29) is 18.4 Å². The monoisotopic (exact) mass is 1070 g/mol. The molecule has 77 heavy (non-hydrogen) atoms. The van der Waals surface area contributed by atoms with Crippen molar-refractivity contribution in [1.82, 2.24) is 50.9 Å². The zero-order chi connectivity index (χ0) is 59.3. The van der Waals surface area contributed by atoms with E-state index in [1.54, 1.807) is 13.8 Å². The molecular weight excluding hydrogens is 995 g/mol. The topological polar surface area (TPSA) is 256 Å². The molecule has 3 aromatic heterocycles. The molecule has 6 rings (SSSR count). The lowest BCUT2D eigenvalue weighted by molar-refractivity contribution is -0.157. The number of hydrogen-bond donors (Lipinski definition) is 0. The Balaban J connectivity index is 0.000000332. The van der Waals surface area contributed by atoms with Gasteiger partial charge in [0.2, 0.25) is 11.8 Å². The first-order valence-corrected chi connectivity index (χ1v) is 25.4. The quantitative estimate of drug-likeness (QED) is 0.137. The van der Waals surface area contributed by atoms with Gasteiger partial charge in [0.15, 0.2) is 0 Å². The maximum Gasteiger partial charge on any atom is 0.336 e. The Bertz CT molecular complexity index is 3210. The Morgan fingerprint density at radius 1 is 0.390 bits per heavy atom. The summed E-state index contributed by atoms with van der Waals surface area (Å²) in [4.78, 5) is 141. The minimum atomic E-state index is -1.04. The minimum absolute atomic E-state index is 0.0969. The van der Waals surface area contributed by atoms with Crippen molar-refractivity contribution in [3.05, 3.63) is 165 Å². The maximum atomic E-state index is 12.1. The van der Waals surface area contributed by atoms with Crippen LogP contribution < -0.4 is 51.2 Å². The van der Waals surface area contributed by atoms with E-state index < -0.39 is 62.7 Å². The fourth-order valence-electron chi connectivity index (χ4n) is 8.36. The second-order valence-corrected chi connectivity index (χ2v) is 19.0. The number of benzene rings is 2. The van der Waals surface area contributed by atoms with Crippen molar-refractivity contribution in [2.45, 2.75) is 134 Å². The van der Waals surface area contributed by atoms with Gasteiger partial charge in [0.1, 0.15) is 5.41 Å². The van der Waals surface area contributed by atoms with Crippen LogP contribution in [0.15, 0.2) is 80.1 Å². The first kappa shape index (κ1) is 65.1. The van der Waals surface area contributed by atoms with Crippen LogP contribution in [0.5, 0.6) is 0 Å². The van der Waals surface area contributed by atoms with Gasteiger partial charge >= 0.3 is 57.2 Å². The normalized spacial score (nSPS) is 12.6. The molecule has 4 heterocycles. The molecule has 23 heteroatoms. The summed E-state index contributed by atoms with van der Waals surface area (Å²) in [7, 11) is 9.44. The maximum absolute atomic E-state index is 12.1. The zero-order valence-electron chi connectivity index (χ0n) is 48.3. The largest absolute Gasteiger partial charge is 0.336 e. The third-order valence-electron chi connectivity index (χ3n) is 13.8. The molecule has 0 bridgehead atoms. The van der Waals surface area contributed by atoms with Crippen molar-refractivity contribution in [3.63, 3.8) is 0 Å². The van der Waals surface area contributed by atoms with Crippen LogP contribution in [-0.4, -0.2) is 82.8 Å². The number of carbonyl (C=O) groups is 3. The summed E-state index contributed by atoms with van der Waals surface area (Å²) >= 11 is 0. The van der Waals surface area contributed by atoms with E-state index in [2.05, 4.69) is 72.4 Å². The highest BCUT2D eigenvalue weighted by Gasteiger charge is 2.52. The van der Waals surface area contributed by atoms with Crippen molar-refractivity contribution < 1.29 is 14.4 Å². The standard InChI is InChI=1S/C18H22.C12H21N3O3.C10H16N2O3.C8H11N3O3.C6H9N3O3/c1-11-7-17(8-12(2)15(11)5)18-9-13(3)16(6)14(4)10-18;1-4-7-13-10(16)14(8-5-2)12(18)15(9-6-3)11(13)17;1-5-10(6-2)7(13)11(3)9(15)12(4)8(10)14;1-4-5-11-7(13)9(2)6(12)10(3)8(11)14;1-7-4(10)8(2)6(12)9(3)5(7)11/h7-10H,1-6H3;4-9H2,1-3H3;5-6H2,1-4H3;4H,1,5H2,2-3H3;1-3H3. The summed E-state index contributed by atoms with van der Waals surface area (Å²) in [5, 5.41) is 0. The zero-order valence-corrected chi connectivity index (χ0v) is 48.3. The van der Waals surface area contributed by atoms with Crippen LogP contribution >= 0.6 is 0 Å². The van der Waals surface area contributed by atoms with E-state index in [1.165, 1.54) is 99.9 Å². The highest BCUT2D eigenvalue weighted by atomic mass is 16.2. The Morgan fingerprint density at radius 2 is 0.636 bits per heavy atom. The molecule has 422 valence electrons. The van der Waals surface area contributed by atoms with Gasteiger partial charge in [0, 0.05) is 69.0 Å². The fourth-order valence-corrected chi connectivity index (χ4v) is 8.36. The van der Waals surface area contributed by atoms with E-state index in [4.69, 9.17) is 0 Å². The van der Waals surface area contributed by atoms with E-state index in [9.17, 15) is 57.5 Å². The van der Waals surface area contributed by atoms with E-state index in [0.717, 1.165) is 50.9 Å². The van der Waals surface area contributed by atoms with Gasteiger partial charge < -0.3 is 0 Å². The van der Waals surface area contributed by atoms with Crippen molar-refractivity contribution in [2.75, 3.05) is 14.1 Å². The molecule has 0 atom stereocenters. The number of amides is 4. The molecule has 1 aliphatic heterocycles. The lowest BCUT2D eigenvalue weighted by Gasteiger charge is -2.40. The molecule has 1 fully saturated rings. The van der Waals surface area contributed by atoms with Gasteiger partial charge in [-0.3, -0.25) is 19.4 Å². The van der Waals surface area contributed by atoms with Crippen LogP contribution in [0.3, 0.4) is 0 Å². The van der Waals surface area contributed by atoms with Crippen LogP contribution in [0.1, 0.15) is 100 Å². The van der Waals surface area contributed by atoms with Gasteiger partial charge in [-0.2, -0.15) is 0 Å². The summed E-state index contributed by atoms with van der Waals surface area (Å²) < 4.78 is 8.81. The highest BCUT2D eigenvalue weighted by molar-refractivity contribution is 6.18. The number of nitrogens with zero attached hydrogens (tertiary/aromatic N) is 11. The first-order chi connectivity index (χ1) is 35.9. The first-order valence-electron chi connectivity index (χ1n) is 25.4. The fraction of sp³-hybridized carbons (Fsp3) is 0.519. The molecule has 4 amide bonds. The lowest BCUT2D eigenvalue weighted by atomic mass is 9.78. The van der Waals surface area contributed by atoms with Gasteiger partial charge in [-0.15, -0.1) is 6.58 Å². The van der Waals surface area contributed by atoms with Gasteiger partial charge in [-0.1, -0.05) is 65.0 Å². The molecule has 23 nitrogen and oxygen atoms in total. The number of carbonyl (C=O) groups excluding carboxylic acids is 3. The lowest BCUT2D eigenvalue weighted by Crippen LogP contribution is -2.62. The van der Waals surface area contributed by atoms with E-state index in [0.29, 0.717) is 51.7 Å². The number of barbiturate groups is 1. The summed E-state index contributed by atoms with van der Waals surface area (Å²) in [5.74, 6) is -0.777. The number of urea groups is 1. The predicted octanol–water partition coefficient (Wildman–Crippen LogP) is 2.66. The molecule has 0 N–H and O–H groups in total. The van der Waals surface area contributed by atoms with Crippen LogP contribution in [0.25, 0.3) is 11.1 Å². The molecule has 0 spiro atoms. The molecule has 1 aliphatic rings. The number of hydrogen-bond acceptors (Lipinski definition) is 12. The number of aromatic nitrogens is 9. The number of rotatable bonds is 11. The molecule has 1 saturated heterocycles. The highest BCUT2D eigenvalue weighted by Crippen LogP contribution is 2.34. The van der Waals surface area contributed by atoms with Gasteiger partial charge in [-0.25, -0.2) is 89.0 Å². The molecule has 0 saturated carbocycles. The molecule has 5 aromatic rings. The molecule has 0 aliphatic carbocycles. The Labute approximate surface area is 446 Å². The van der Waals surface area contributed by atoms with Crippen molar-refractivity contribution in [3.8, 4) is 11.1 Å². The van der Waals surface area contributed by atoms with Crippen LogP contribution in [0, 0.1) is 47.0 Å². The molecule has 0 unspecified atom stereocenters. The Morgan fingerprint density at radius 3 is 0.857 bits per heavy atom. The van der Waals surface area contributed by atoms with Gasteiger partial charge in [-0.05, 0) is 118 Å². The van der Waals surface area contributed by atoms with Crippen LogP contribution in [-0.2, 0) is 71.0 Å². The van der Waals surface area contributed by atoms with Crippen molar-refractivity contribution >= 4 is 17.8 Å². The number of allylic oxidation sites excluding steroid dienone is 1. The Hall–Kier alpha value is -7.98. The molecule has 2 aromatic carbocycles. The average Bonchev–Trinajstić information content (AvgIpc) is 3.41. The molecule has 0 radical (unpaired) electrons. The van der Waals surface area contributed by atoms with Crippen LogP contribution in [0.4, 0.5) is 4.79 Å². The predicted molar refractivity (Wildman–Crippen MR) is 298 cm³/mol. The molecular formula is C54H79N11O12. The van der Waals surface area contributed by atoms with Crippen molar-refractivity contribution in [2.24, 2.45) is 40.7 Å². The number of imide groups is 2. The van der Waals surface area contributed by atoms with Gasteiger partial charge in [0.25, 0.3) is 0 Å². The summed E-state index contributed by atoms with van der Waals surface area (Å²) in [6, 6.07) is 8.64. The SMILES string of the molecule is C=CCn1c(=O)n(C)c(=O)n(C)c1=O.CCC1(CC)C(=O)N(C)C(=O)N(C)C1=O.CCCn1c(=O)n(CCC)c(=O)n(CCC)c1=O.Cc1cc(-c2cc(C)c(C)c(C)c2)cc(C)c1C.Cn1c(=O)n(C)c(=O)n(C)c1=O. The minimum Gasteiger partial charge on any atom is -0.273 e. The summed E-state index contributed by atoms with van der Waals surface area (Å²) in [6.07, 6.45) is 4.32. The second-order valence-electron chi connectivity index (χ2n) is 19.0. The average molecular weight is 1070 g/mol. The summed E-state index contributed by atoms with van der Waals surface area (Å²) in [5.41, 5.74) is 4.77. The third kappa shape index (κ3) is 13.9. The van der Waals surface area contributed by atoms with Crippen LogP contribution in [0.2, 0.25) is 0 Å².